The molecule has 2 heterocycles. The Morgan fingerprint density at radius 1 is 0.397 bits per heavy atom. The summed E-state index contributed by atoms with van der Waals surface area (Å²) in [5, 5.41) is 155. The Balaban J connectivity index is 1.73. The molecule has 2 aliphatic heterocycles. The summed E-state index contributed by atoms with van der Waals surface area (Å²) in [5.41, 5.74) is 3.37. The standard InChI is InChI=1S/C81H132N2O36S2/c1-80(2)72-26-58(76(100)24-56(36-116-68(48-108-40-60(92)28-84)49-109-41-61(93)29-85)37-117-69(50-110-42-62(94)30-86)51-111-43-63(95)31-87)16-18-74(72)82(20-10-12-22-120(102,103)104)78(80)14-8-6-5-7-9-15-79-81(3,4)73-27-59(17-19-75(73)83(79)21-11-13-23-121(105,106)107)77(101)25-57(38-118-70(52-112-44-64(96)32-88)53-113-45-65(97)33-89)39-119-71(54-114-46-66(98)34-90)55-115-47-67(99)35-91/h5-9,14-19,26-27,56-57,60-71,84-99H,10-13,20-25,28-55H2,1-4H3,(H-,102,103,104,105,106,107)/p+1. The lowest BCUT2D eigenvalue weighted by Crippen LogP contribution is -2.35. The molecule has 4 rings (SSSR count). The zero-order valence-corrected chi connectivity index (χ0v) is 71.2. The molecular weight excluding hydrogens is 1640 g/mol. The quantitative estimate of drug-likeness (QED) is 0.0108. The van der Waals surface area contributed by atoms with Crippen LogP contribution < -0.4 is 4.90 Å². The number of carbonyl (C=O) groups excluding carboxylic acids is 2. The fourth-order valence-electron chi connectivity index (χ4n) is 12.6. The number of aliphatic hydroxyl groups is 16. The van der Waals surface area contributed by atoms with Crippen LogP contribution in [0.4, 0.5) is 11.4 Å². The molecule has 0 aromatic heterocycles. The summed E-state index contributed by atoms with van der Waals surface area (Å²) in [6.45, 7) is -0.711. The van der Waals surface area contributed by atoms with E-state index in [1.165, 1.54) is 0 Å². The third-order valence-electron chi connectivity index (χ3n) is 19.3. The van der Waals surface area contributed by atoms with Gasteiger partial charge < -0.3 is 143 Å². The molecule has 0 fully saturated rings. The summed E-state index contributed by atoms with van der Waals surface area (Å²) < 4.78 is 139. The predicted molar refractivity (Wildman–Crippen MR) is 438 cm³/mol. The van der Waals surface area contributed by atoms with Crippen LogP contribution in [-0.4, -0.2) is 412 Å². The molecule has 0 aliphatic carbocycles. The summed E-state index contributed by atoms with van der Waals surface area (Å²) >= 11 is 0. The van der Waals surface area contributed by atoms with E-state index < -0.39 is 181 Å². The van der Waals surface area contributed by atoms with Gasteiger partial charge in [-0.3, -0.25) is 18.7 Å². The minimum atomic E-state index is -4.30. The van der Waals surface area contributed by atoms with E-state index in [1.807, 2.05) is 61.5 Å². The lowest BCUT2D eigenvalue weighted by molar-refractivity contribution is -0.438. The fourth-order valence-corrected chi connectivity index (χ4v) is 13.8. The van der Waals surface area contributed by atoms with E-state index in [0.717, 1.165) is 22.5 Å². The van der Waals surface area contributed by atoms with Crippen LogP contribution in [-0.2, 0) is 87.9 Å². The van der Waals surface area contributed by atoms with Gasteiger partial charge in [-0.2, -0.15) is 21.4 Å². The number of aliphatic hydroxyl groups excluding tert-OH is 16. The van der Waals surface area contributed by atoms with Crippen molar-refractivity contribution in [2.75, 3.05) is 214 Å². The van der Waals surface area contributed by atoms with Gasteiger partial charge in [-0.05, 0) is 75.1 Å². The highest BCUT2D eigenvalue weighted by Crippen LogP contribution is 2.49. The molecule has 0 radical (unpaired) electrons. The Morgan fingerprint density at radius 3 is 1.05 bits per heavy atom. The number of carbonyl (C=O) groups is 2. The van der Waals surface area contributed by atoms with Crippen molar-refractivity contribution in [3.63, 3.8) is 0 Å². The molecule has 0 saturated carbocycles. The Labute approximate surface area is 707 Å². The monoisotopic (exact) mass is 1770 g/mol. The van der Waals surface area contributed by atoms with Crippen LogP contribution in [0.5, 0.6) is 0 Å². The van der Waals surface area contributed by atoms with Gasteiger partial charge in [0.05, 0.1) is 202 Å². The van der Waals surface area contributed by atoms with Crippen molar-refractivity contribution in [2.24, 2.45) is 11.8 Å². The van der Waals surface area contributed by atoms with E-state index >= 15 is 0 Å². The Kier molecular flexibility index (Phi) is 52.2. The lowest BCUT2D eigenvalue weighted by Gasteiger charge is -2.27. The molecule has 2 aromatic carbocycles. The van der Waals surface area contributed by atoms with E-state index in [1.54, 1.807) is 54.6 Å². The molecule has 8 unspecified atom stereocenters. The van der Waals surface area contributed by atoms with Gasteiger partial charge in [0.15, 0.2) is 17.3 Å². The molecule has 0 bridgehead atoms. The maximum atomic E-state index is 14.8. The van der Waals surface area contributed by atoms with Crippen LogP contribution in [0.2, 0.25) is 0 Å². The molecule has 694 valence electrons. The maximum Gasteiger partial charge on any atom is 0.264 e. The van der Waals surface area contributed by atoms with Crippen LogP contribution in [0.25, 0.3) is 0 Å². The van der Waals surface area contributed by atoms with Crippen molar-refractivity contribution in [2.45, 2.75) is 150 Å². The Morgan fingerprint density at radius 2 is 0.711 bits per heavy atom. The molecule has 2 aromatic rings. The number of hydrogen-bond donors (Lipinski definition) is 18. The first-order valence-corrected chi connectivity index (χ1v) is 43.6. The number of allylic oxidation sites excluding steroid dienone is 8. The third kappa shape index (κ3) is 41.9. The van der Waals surface area contributed by atoms with Crippen LogP contribution in [0.3, 0.4) is 0 Å². The number of unbranched alkanes of at least 4 members (excludes halogenated alkanes) is 2. The van der Waals surface area contributed by atoms with Gasteiger partial charge in [-0.15, -0.1) is 0 Å². The van der Waals surface area contributed by atoms with Gasteiger partial charge in [-0.1, -0.05) is 44.2 Å². The van der Waals surface area contributed by atoms with E-state index in [4.69, 9.17) is 56.8 Å². The second-order valence-electron chi connectivity index (χ2n) is 30.9. The third-order valence-corrected chi connectivity index (χ3v) is 20.9. The highest BCUT2D eigenvalue weighted by atomic mass is 32.2. The zero-order chi connectivity index (χ0) is 89.6. The minimum absolute atomic E-state index is 0.113. The molecular formula is C81H133N2O36S2+. The Bertz CT molecular complexity index is 3520. The molecule has 40 heteroatoms. The highest BCUT2D eigenvalue weighted by Gasteiger charge is 2.45. The zero-order valence-electron chi connectivity index (χ0n) is 69.6. The SMILES string of the molecule is CC1(C)C(/C=C/C=C/C=C/C=C2/N(CCCCS(=O)(=O)O)c3ccc(C(=O)CC(COC(COCC(O)CO)COCC(O)CO)COC(COCC(O)CO)COCC(O)CO)cc3C2(C)C)=[N+](CCCCS(=O)(=O)O)c2ccc(C(=O)CC(COC(COCC(O)CO)COCC(O)CO)COC(COCC(O)CO)COCC(O)CO)cc21. The van der Waals surface area contributed by atoms with Crippen molar-refractivity contribution < 1.29 is 179 Å². The number of fused-ring (bicyclic) bond motifs is 2. The topological polar surface area (TPSA) is 584 Å². The smallest absolute Gasteiger partial charge is 0.264 e. The van der Waals surface area contributed by atoms with Crippen LogP contribution in [0.15, 0.2) is 84.6 Å². The van der Waals surface area contributed by atoms with E-state index in [2.05, 4.69) is 0 Å². The number of ether oxygens (including phenoxy) is 12. The average Bonchev–Trinajstić information content (AvgIpc) is 1.60. The predicted octanol–water partition coefficient (Wildman–Crippen LogP) is -2.37. The summed E-state index contributed by atoms with van der Waals surface area (Å²) in [4.78, 5) is 31.6. The first kappa shape index (κ1) is 108. The summed E-state index contributed by atoms with van der Waals surface area (Å²) in [6, 6.07) is 10.4. The van der Waals surface area contributed by atoms with Gasteiger partial charge in [0.1, 0.15) is 79.8 Å². The number of rotatable bonds is 72. The minimum Gasteiger partial charge on any atom is -0.394 e. The molecule has 0 spiro atoms. The highest BCUT2D eigenvalue weighted by molar-refractivity contribution is 7.86. The van der Waals surface area contributed by atoms with Gasteiger partial charge in [-0.25, -0.2) is 0 Å². The summed E-state index contributed by atoms with van der Waals surface area (Å²) in [5.74, 6) is -3.18. The summed E-state index contributed by atoms with van der Waals surface area (Å²) in [7, 11) is -8.60. The van der Waals surface area contributed by atoms with Crippen LogP contribution in [0, 0.1) is 11.8 Å². The first-order chi connectivity index (χ1) is 57.6. The second-order valence-corrected chi connectivity index (χ2v) is 34.0. The largest absolute Gasteiger partial charge is 0.394 e. The molecule has 121 heavy (non-hydrogen) atoms. The number of anilines is 1. The first-order valence-electron chi connectivity index (χ1n) is 40.4. The van der Waals surface area contributed by atoms with Crippen LogP contribution in [0.1, 0.15) is 98.1 Å². The lowest BCUT2D eigenvalue weighted by atomic mass is 9.80. The van der Waals surface area contributed by atoms with E-state index in [-0.39, 0.29) is 169 Å². The van der Waals surface area contributed by atoms with Gasteiger partial charge >= 0.3 is 0 Å². The van der Waals surface area contributed by atoms with E-state index in [9.17, 15) is 117 Å². The molecule has 38 nitrogen and oxygen atoms in total. The molecule has 8 atom stereocenters. The molecule has 0 saturated heterocycles. The van der Waals surface area contributed by atoms with Crippen molar-refractivity contribution in [1.82, 2.24) is 0 Å². The van der Waals surface area contributed by atoms with Gasteiger partial charge in [0.25, 0.3) is 20.2 Å². The number of benzene rings is 2. The number of hydrogen-bond acceptors (Lipinski definition) is 35. The second kappa shape index (κ2) is 58.3. The summed E-state index contributed by atoms with van der Waals surface area (Å²) in [6.07, 6.45) is -0.0852. The Hall–Kier alpha value is -5.09. The van der Waals surface area contributed by atoms with Crippen molar-refractivity contribution >= 4 is 48.9 Å². The van der Waals surface area contributed by atoms with Crippen molar-refractivity contribution in [3.8, 4) is 0 Å². The average molecular weight is 1780 g/mol. The van der Waals surface area contributed by atoms with Crippen molar-refractivity contribution in [1.29, 1.82) is 0 Å². The number of Topliss-reactive ketones (excluding diaryl/α,β-unsaturated/α-hetero) is 2. The normalized spacial score (nSPS) is 18.2. The number of nitrogens with zero attached hydrogens (tertiary/aromatic N) is 2. The molecule has 2 aliphatic rings. The maximum absolute atomic E-state index is 14.8. The van der Waals surface area contributed by atoms with E-state index in [0.29, 0.717) is 48.4 Å². The van der Waals surface area contributed by atoms with Gasteiger partial charge in [0, 0.05) is 83.3 Å². The molecule has 0 amide bonds. The fraction of sp³-hybridized carbons (Fsp3) is 0.716. The van der Waals surface area contributed by atoms with Crippen molar-refractivity contribution in [3.05, 3.63) is 107 Å². The molecule has 18 N–H and O–H groups in total. The van der Waals surface area contributed by atoms with Gasteiger partial charge in [0.2, 0.25) is 5.69 Å². The number of ketones is 2. The van der Waals surface area contributed by atoms with Crippen LogP contribution >= 0.6 is 0 Å².